The Morgan fingerprint density at radius 1 is 1.33 bits per heavy atom. The van der Waals surface area contributed by atoms with Crippen molar-refractivity contribution in [2.24, 2.45) is 0 Å². The van der Waals surface area contributed by atoms with Gasteiger partial charge in [-0.15, -0.1) is 0 Å². The number of hydrogen-bond acceptors (Lipinski definition) is 3. The van der Waals surface area contributed by atoms with E-state index in [0.717, 1.165) is 11.6 Å². The first-order valence-corrected chi connectivity index (χ1v) is 6.37. The summed E-state index contributed by atoms with van der Waals surface area (Å²) >= 11 is 6.04. The number of H-pyrrole nitrogens is 1. The average Bonchev–Trinajstić information content (AvgIpc) is 2.45. The number of carbonyl (C=O) groups is 1. The number of aromatic amines is 1. The molecule has 2 aromatic rings. The van der Waals surface area contributed by atoms with Gasteiger partial charge in [0.2, 0.25) is 0 Å². The van der Waals surface area contributed by atoms with Crippen LogP contribution in [0.4, 0.5) is 0 Å². The summed E-state index contributed by atoms with van der Waals surface area (Å²) in [5.74, 6) is -0.566. The molecule has 21 heavy (non-hydrogen) atoms. The average molecular weight is 306 g/mol. The Balaban J connectivity index is 2.38. The highest BCUT2D eigenvalue weighted by Crippen LogP contribution is 2.28. The summed E-state index contributed by atoms with van der Waals surface area (Å²) in [6, 6.07) is 8.38. The summed E-state index contributed by atoms with van der Waals surface area (Å²) in [4.78, 5) is 25.0. The Hall–Kier alpha value is -2.53. The molecule has 0 unspecified atom stereocenters. The van der Waals surface area contributed by atoms with Crippen molar-refractivity contribution in [2.45, 2.75) is 0 Å². The van der Waals surface area contributed by atoms with E-state index in [4.69, 9.17) is 21.4 Å². The van der Waals surface area contributed by atoms with Gasteiger partial charge in [-0.3, -0.25) is 4.79 Å². The van der Waals surface area contributed by atoms with E-state index in [-0.39, 0.29) is 11.1 Å². The number of nitrogens with one attached hydrogen (secondary N) is 1. The van der Waals surface area contributed by atoms with Crippen LogP contribution in [0.15, 0.2) is 41.2 Å². The standard InChI is InChI=1S/C15H12ClNO4/c1-21-13-6-3-10(8-11(13)16)12-5-2-9(15(20)17-12)4-7-14(18)19/h2-8H,1H3,(H,17,20)(H,18,19)/b7-4+. The van der Waals surface area contributed by atoms with Crippen LogP contribution in [0.1, 0.15) is 5.56 Å². The third-order valence-electron chi connectivity index (χ3n) is 2.81. The van der Waals surface area contributed by atoms with Gasteiger partial charge in [0, 0.05) is 17.3 Å². The molecular weight excluding hydrogens is 294 g/mol. The van der Waals surface area contributed by atoms with Gasteiger partial charge in [0.25, 0.3) is 5.56 Å². The van der Waals surface area contributed by atoms with Gasteiger partial charge in [-0.2, -0.15) is 0 Å². The van der Waals surface area contributed by atoms with Crippen molar-refractivity contribution in [2.75, 3.05) is 7.11 Å². The second kappa shape index (κ2) is 6.28. The van der Waals surface area contributed by atoms with Crippen LogP contribution < -0.4 is 10.3 Å². The summed E-state index contributed by atoms with van der Waals surface area (Å²) in [5, 5.41) is 8.99. The van der Waals surface area contributed by atoms with Crippen LogP contribution in [0.25, 0.3) is 17.3 Å². The Bertz CT molecular complexity index is 765. The van der Waals surface area contributed by atoms with E-state index < -0.39 is 5.97 Å². The molecule has 0 atom stereocenters. The van der Waals surface area contributed by atoms with Crippen molar-refractivity contribution in [1.29, 1.82) is 0 Å². The predicted molar refractivity (Wildman–Crippen MR) is 80.7 cm³/mol. The smallest absolute Gasteiger partial charge is 0.328 e. The van der Waals surface area contributed by atoms with Crippen LogP contribution in [0.3, 0.4) is 0 Å². The van der Waals surface area contributed by atoms with E-state index >= 15 is 0 Å². The third-order valence-corrected chi connectivity index (χ3v) is 3.10. The van der Waals surface area contributed by atoms with Gasteiger partial charge in [0.1, 0.15) is 5.75 Å². The summed E-state index contributed by atoms with van der Waals surface area (Å²) < 4.78 is 5.06. The number of hydrogen-bond donors (Lipinski definition) is 2. The van der Waals surface area contributed by atoms with Crippen molar-refractivity contribution in [3.63, 3.8) is 0 Å². The largest absolute Gasteiger partial charge is 0.495 e. The topological polar surface area (TPSA) is 79.4 Å². The van der Waals surface area contributed by atoms with Gasteiger partial charge in [-0.1, -0.05) is 11.6 Å². The fourth-order valence-electron chi connectivity index (χ4n) is 1.78. The molecular formula is C15H12ClNO4. The van der Waals surface area contributed by atoms with Crippen LogP contribution >= 0.6 is 11.6 Å². The molecule has 108 valence electrons. The first kappa shape index (κ1) is 14.9. The highest BCUT2D eigenvalue weighted by atomic mass is 35.5. The van der Waals surface area contributed by atoms with Crippen LogP contribution in [0, 0.1) is 0 Å². The molecule has 1 aromatic heterocycles. The molecule has 2 N–H and O–H groups in total. The minimum absolute atomic E-state index is 0.265. The molecule has 0 aliphatic heterocycles. The maximum atomic E-state index is 11.9. The third kappa shape index (κ3) is 3.52. The van der Waals surface area contributed by atoms with Crippen molar-refractivity contribution in [1.82, 2.24) is 4.98 Å². The lowest BCUT2D eigenvalue weighted by Crippen LogP contribution is -2.09. The summed E-state index contributed by atoms with van der Waals surface area (Å²) in [6.07, 6.45) is 2.15. The number of carboxylic acid groups (broad SMARTS) is 1. The molecule has 0 aliphatic carbocycles. The van der Waals surface area contributed by atoms with E-state index in [1.54, 1.807) is 30.3 Å². The normalized spacial score (nSPS) is 10.8. The Morgan fingerprint density at radius 2 is 2.10 bits per heavy atom. The SMILES string of the molecule is COc1ccc(-c2ccc(/C=C/C(=O)O)c(=O)[nH]2)cc1Cl. The molecule has 6 heteroatoms. The second-order valence-corrected chi connectivity index (χ2v) is 4.58. The van der Waals surface area contributed by atoms with Gasteiger partial charge < -0.3 is 14.8 Å². The lowest BCUT2D eigenvalue weighted by Gasteiger charge is -2.06. The summed E-state index contributed by atoms with van der Waals surface area (Å²) in [7, 11) is 1.52. The predicted octanol–water partition coefficient (Wildman–Crippen LogP) is 2.80. The minimum atomic E-state index is -1.11. The highest BCUT2D eigenvalue weighted by molar-refractivity contribution is 6.32. The van der Waals surface area contributed by atoms with E-state index in [0.29, 0.717) is 16.5 Å². The fraction of sp³-hybridized carbons (Fsp3) is 0.0667. The summed E-state index contributed by atoms with van der Waals surface area (Å²) in [5.41, 5.74) is 1.20. The van der Waals surface area contributed by atoms with Gasteiger partial charge in [-0.05, 0) is 42.0 Å². The quantitative estimate of drug-likeness (QED) is 0.851. The molecule has 1 aromatic carbocycles. The number of aromatic nitrogens is 1. The molecule has 0 fully saturated rings. The minimum Gasteiger partial charge on any atom is -0.495 e. The first-order chi connectivity index (χ1) is 10.0. The van der Waals surface area contributed by atoms with Crippen LogP contribution in [0.5, 0.6) is 5.75 Å². The molecule has 0 radical (unpaired) electrons. The van der Waals surface area contributed by atoms with E-state index in [9.17, 15) is 9.59 Å². The van der Waals surface area contributed by atoms with E-state index in [1.165, 1.54) is 13.2 Å². The van der Waals surface area contributed by atoms with Crippen LogP contribution in [-0.2, 0) is 4.79 Å². The van der Waals surface area contributed by atoms with Crippen molar-refractivity contribution in [3.05, 3.63) is 57.3 Å². The van der Waals surface area contributed by atoms with Crippen molar-refractivity contribution < 1.29 is 14.6 Å². The zero-order valence-corrected chi connectivity index (χ0v) is 11.8. The van der Waals surface area contributed by atoms with Crippen LogP contribution in [-0.4, -0.2) is 23.2 Å². The number of aliphatic carboxylic acids is 1. The zero-order valence-electron chi connectivity index (χ0n) is 11.1. The van der Waals surface area contributed by atoms with E-state index in [1.807, 2.05) is 0 Å². The molecule has 0 aliphatic rings. The monoisotopic (exact) mass is 305 g/mol. The number of ether oxygens (including phenoxy) is 1. The molecule has 2 rings (SSSR count). The number of halogens is 1. The molecule has 0 bridgehead atoms. The molecule has 1 heterocycles. The highest BCUT2D eigenvalue weighted by Gasteiger charge is 2.06. The maximum Gasteiger partial charge on any atom is 0.328 e. The van der Waals surface area contributed by atoms with Gasteiger partial charge >= 0.3 is 5.97 Å². The van der Waals surface area contributed by atoms with Gasteiger partial charge in [0.05, 0.1) is 12.1 Å². The van der Waals surface area contributed by atoms with Crippen molar-refractivity contribution >= 4 is 23.6 Å². The lowest BCUT2D eigenvalue weighted by atomic mass is 10.1. The maximum absolute atomic E-state index is 11.9. The Labute approximate surface area is 125 Å². The molecule has 0 amide bonds. The molecule has 0 saturated carbocycles. The first-order valence-electron chi connectivity index (χ1n) is 5.99. The molecule has 0 saturated heterocycles. The van der Waals surface area contributed by atoms with Gasteiger partial charge in [-0.25, -0.2) is 4.79 Å². The number of methoxy groups -OCH3 is 1. The molecule has 5 nitrogen and oxygen atoms in total. The number of rotatable bonds is 4. The van der Waals surface area contributed by atoms with Crippen molar-refractivity contribution in [3.8, 4) is 17.0 Å². The Kier molecular flexibility index (Phi) is 4.45. The Morgan fingerprint density at radius 3 is 2.67 bits per heavy atom. The zero-order chi connectivity index (χ0) is 15.4. The van der Waals surface area contributed by atoms with E-state index in [2.05, 4.69) is 4.98 Å². The number of pyridine rings is 1. The number of benzene rings is 1. The second-order valence-electron chi connectivity index (χ2n) is 4.18. The number of carboxylic acids is 1. The summed E-state index contributed by atoms with van der Waals surface area (Å²) in [6.45, 7) is 0. The molecule has 0 spiro atoms. The lowest BCUT2D eigenvalue weighted by molar-refractivity contribution is -0.131. The van der Waals surface area contributed by atoms with Crippen LogP contribution in [0.2, 0.25) is 5.02 Å². The fourth-order valence-corrected chi connectivity index (χ4v) is 2.04. The van der Waals surface area contributed by atoms with Gasteiger partial charge in [0.15, 0.2) is 0 Å².